The minimum atomic E-state index is -0.350. The largest absolute Gasteiger partial charge is 0.461 e. The Morgan fingerprint density at radius 1 is 1.27 bits per heavy atom. The number of thiophene rings is 1. The molecule has 7 nitrogen and oxygen atoms in total. The summed E-state index contributed by atoms with van der Waals surface area (Å²) >= 11 is 3.06. The lowest BCUT2D eigenvalue weighted by molar-refractivity contribution is 0.101. The number of ether oxygens (including phenoxy) is 1. The summed E-state index contributed by atoms with van der Waals surface area (Å²) < 4.78 is 5.58. The van der Waals surface area contributed by atoms with Crippen LogP contribution in [0.15, 0.2) is 35.2 Å². The molecule has 136 valence electrons. The molecule has 26 heavy (non-hydrogen) atoms. The molecule has 0 saturated carbocycles. The predicted octanol–water partition coefficient (Wildman–Crippen LogP) is 3.69. The Morgan fingerprint density at radius 2 is 2.15 bits per heavy atom. The summed E-state index contributed by atoms with van der Waals surface area (Å²) in [7, 11) is 0. The summed E-state index contributed by atoms with van der Waals surface area (Å²) in [6.07, 6.45) is 2.42. The highest BCUT2D eigenvalue weighted by Crippen LogP contribution is 2.17. The molecular weight excluding hydrogens is 370 g/mol. The quantitative estimate of drug-likeness (QED) is 0.611. The summed E-state index contributed by atoms with van der Waals surface area (Å²) in [5.74, 6) is 0.203. The molecule has 0 aromatic carbocycles. The average molecular weight is 390 g/mol. The molecule has 0 aliphatic carbocycles. The highest BCUT2D eigenvalue weighted by atomic mass is 32.1. The van der Waals surface area contributed by atoms with Crippen LogP contribution < -0.4 is 15.4 Å². The van der Waals surface area contributed by atoms with Gasteiger partial charge in [-0.15, -0.1) is 22.7 Å². The minimum Gasteiger partial charge on any atom is -0.461 e. The molecule has 3 aromatic rings. The normalized spacial score (nSPS) is 10.7. The number of hydrogen-bond acceptors (Lipinski definition) is 8. The molecular formula is C17H19N5O2S2. The Hall–Kier alpha value is -2.52. The zero-order chi connectivity index (χ0) is 18.4. The van der Waals surface area contributed by atoms with Crippen molar-refractivity contribution in [1.29, 1.82) is 0 Å². The smallest absolute Gasteiger partial charge is 0.319 e. The molecule has 0 fully saturated rings. The number of anilines is 2. The fourth-order valence-corrected chi connectivity index (χ4v) is 3.34. The first-order valence-electron chi connectivity index (χ1n) is 8.13. The first-order chi connectivity index (χ1) is 12.6. The Morgan fingerprint density at radius 3 is 2.85 bits per heavy atom. The Kier molecular flexibility index (Phi) is 6.13. The van der Waals surface area contributed by atoms with Gasteiger partial charge in [0.05, 0.1) is 6.10 Å². The van der Waals surface area contributed by atoms with Crippen LogP contribution in [0.1, 0.15) is 29.2 Å². The first kappa shape index (κ1) is 18.3. The van der Waals surface area contributed by atoms with E-state index in [-0.39, 0.29) is 23.7 Å². The van der Waals surface area contributed by atoms with Crippen molar-refractivity contribution >= 4 is 39.5 Å². The van der Waals surface area contributed by atoms with E-state index in [1.54, 1.807) is 29.0 Å². The van der Waals surface area contributed by atoms with Crippen molar-refractivity contribution in [3.63, 3.8) is 0 Å². The average Bonchev–Trinajstić information content (AvgIpc) is 3.28. The second-order valence-electron chi connectivity index (χ2n) is 5.64. The van der Waals surface area contributed by atoms with Gasteiger partial charge in [0.1, 0.15) is 11.5 Å². The van der Waals surface area contributed by atoms with E-state index in [0.717, 1.165) is 6.42 Å². The molecule has 2 N–H and O–H groups in total. The van der Waals surface area contributed by atoms with Crippen LogP contribution in [-0.2, 0) is 6.42 Å². The van der Waals surface area contributed by atoms with Gasteiger partial charge in [-0.3, -0.25) is 10.1 Å². The maximum atomic E-state index is 12.4. The Labute approximate surface area is 159 Å². The molecule has 0 spiro atoms. The molecule has 0 bridgehead atoms. The third-order valence-corrected chi connectivity index (χ3v) is 4.81. The van der Waals surface area contributed by atoms with Crippen LogP contribution in [0.4, 0.5) is 10.9 Å². The van der Waals surface area contributed by atoms with Crippen molar-refractivity contribution in [1.82, 2.24) is 15.0 Å². The van der Waals surface area contributed by atoms with Crippen molar-refractivity contribution in [2.75, 3.05) is 17.2 Å². The van der Waals surface area contributed by atoms with Gasteiger partial charge in [-0.1, -0.05) is 6.07 Å². The molecule has 0 atom stereocenters. The van der Waals surface area contributed by atoms with E-state index in [4.69, 9.17) is 4.74 Å². The lowest BCUT2D eigenvalue weighted by Crippen LogP contribution is -2.17. The summed E-state index contributed by atoms with van der Waals surface area (Å²) in [5, 5.41) is 10.3. The minimum absolute atomic E-state index is 0.0914. The summed E-state index contributed by atoms with van der Waals surface area (Å²) in [4.78, 5) is 26.3. The second-order valence-corrected chi connectivity index (χ2v) is 7.56. The van der Waals surface area contributed by atoms with Crippen LogP contribution in [0, 0.1) is 0 Å². The lowest BCUT2D eigenvalue weighted by atomic mass is 10.3. The van der Waals surface area contributed by atoms with Crippen LogP contribution in [0.2, 0.25) is 0 Å². The third kappa shape index (κ3) is 5.24. The molecule has 3 rings (SSSR count). The summed E-state index contributed by atoms with van der Waals surface area (Å²) in [6.45, 7) is 4.47. The molecule has 3 heterocycles. The van der Waals surface area contributed by atoms with E-state index in [1.165, 1.54) is 16.2 Å². The van der Waals surface area contributed by atoms with Gasteiger partial charge in [-0.2, -0.15) is 9.97 Å². The van der Waals surface area contributed by atoms with Crippen LogP contribution >= 0.6 is 22.7 Å². The molecule has 0 aliphatic rings. The number of nitrogens with one attached hydrogen (secondary N) is 2. The van der Waals surface area contributed by atoms with Crippen molar-refractivity contribution < 1.29 is 9.53 Å². The second kappa shape index (κ2) is 8.72. The highest BCUT2D eigenvalue weighted by molar-refractivity contribution is 7.13. The van der Waals surface area contributed by atoms with Crippen LogP contribution in [0.5, 0.6) is 6.01 Å². The standard InChI is InChI=1S/C17H19N5O2S2/c1-11(2)24-16-20-13(15(23)22-17-19-7-9-26-17)10-14(21-16)18-6-5-12-4-3-8-25-12/h3-4,7-11H,5-6H2,1-2H3,(H,18,20,21)(H,19,22,23). The van der Waals surface area contributed by atoms with Crippen LogP contribution in [0.3, 0.4) is 0 Å². The van der Waals surface area contributed by atoms with Gasteiger partial charge < -0.3 is 10.1 Å². The monoisotopic (exact) mass is 389 g/mol. The number of amides is 1. The van der Waals surface area contributed by atoms with E-state index in [2.05, 4.69) is 37.0 Å². The van der Waals surface area contributed by atoms with Crippen molar-refractivity contribution in [2.45, 2.75) is 26.4 Å². The lowest BCUT2D eigenvalue weighted by Gasteiger charge is -2.12. The number of nitrogens with zero attached hydrogens (tertiary/aromatic N) is 3. The van der Waals surface area contributed by atoms with Crippen molar-refractivity contribution in [3.8, 4) is 6.01 Å². The zero-order valence-electron chi connectivity index (χ0n) is 14.4. The predicted molar refractivity (Wildman–Crippen MR) is 104 cm³/mol. The molecule has 1 amide bonds. The fraction of sp³-hybridized carbons (Fsp3) is 0.294. The van der Waals surface area contributed by atoms with Gasteiger partial charge in [0, 0.05) is 29.1 Å². The Bertz CT molecular complexity index is 835. The van der Waals surface area contributed by atoms with E-state index < -0.39 is 0 Å². The molecule has 9 heteroatoms. The van der Waals surface area contributed by atoms with Gasteiger partial charge in [0.15, 0.2) is 5.13 Å². The number of rotatable bonds is 8. The van der Waals surface area contributed by atoms with Gasteiger partial charge in [0.2, 0.25) is 0 Å². The maximum Gasteiger partial charge on any atom is 0.319 e. The number of carbonyl (C=O) groups excluding carboxylic acids is 1. The Balaban J connectivity index is 1.73. The first-order valence-corrected chi connectivity index (χ1v) is 9.89. The molecule has 3 aromatic heterocycles. The topological polar surface area (TPSA) is 89.0 Å². The van der Waals surface area contributed by atoms with Crippen molar-refractivity contribution in [2.24, 2.45) is 0 Å². The van der Waals surface area contributed by atoms with E-state index in [9.17, 15) is 4.79 Å². The van der Waals surface area contributed by atoms with E-state index in [1.807, 2.05) is 19.9 Å². The summed E-state index contributed by atoms with van der Waals surface area (Å²) in [6, 6.07) is 5.91. The zero-order valence-corrected chi connectivity index (χ0v) is 16.1. The van der Waals surface area contributed by atoms with Gasteiger partial charge in [-0.05, 0) is 31.7 Å². The maximum absolute atomic E-state index is 12.4. The van der Waals surface area contributed by atoms with Crippen molar-refractivity contribution in [3.05, 3.63) is 45.7 Å². The summed E-state index contributed by atoms with van der Waals surface area (Å²) in [5.41, 5.74) is 0.226. The fourth-order valence-electron chi connectivity index (χ4n) is 2.11. The molecule has 0 unspecified atom stereocenters. The molecule has 0 saturated heterocycles. The highest BCUT2D eigenvalue weighted by Gasteiger charge is 2.14. The molecule has 0 aliphatic heterocycles. The van der Waals surface area contributed by atoms with Gasteiger partial charge in [0.25, 0.3) is 5.91 Å². The SMILES string of the molecule is CC(C)Oc1nc(NCCc2cccs2)cc(C(=O)Nc2nccs2)n1. The van der Waals surface area contributed by atoms with Gasteiger partial charge >= 0.3 is 6.01 Å². The third-order valence-electron chi connectivity index (χ3n) is 3.19. The van der Waals surface area contributed by atoms with Crippen LogP contribution in [-0.4, -0.2) is 33.5 Å². The van der Waals surface area contributed by atoms with E-state index in [0.29, 0.717) is 17.5 Å². The van der Waals surface area contributed by atoms with E-state index >= 15 is 0 Å². The number of thiazole rings is 1. The number of aromatic nitrogens is 3. The van der Waals surface area contributed by atoms with Gasteiger partial charge in [-0.25, -0.2) is 4.98 Å². The number of carbonyl (C=O) groups is 1. The molecule has 0 radical (unpaired) electrons. The van der Waals surface area contributed by atoms with Crippen LogP contribution in [0.25, 0.3) is 0 Å². The number of hydrogen-bond donors (Lipinski definition) is 2.